The number of hydrogen-bond donors (Lipinski definition) is 0. The summed E-state index contributed by atoms with van der Waals surface area (Å²) in [5.41, 5.74) is 2.72. The van der Waals surface area contributed by atoms with Crippen molar-refractivity contribution in [2.75, 3.05) is 0 Å². The predicted octanol–water partition coefficient (Wildman–Crippen LogP) is 4.18. The summed E-state index contributed by atoms with van der Waals surface area (Å²) >= 11 is 0. The number of benzene rings is 2. The van der Waals surface area contributed by atoms with Gasteiger partial charge in [0.2, 0.25) is 0 Å². The van der Waals surface area contributed by atoms with Gasteiger partial charge in [-0.3, -0.25) is 4.79 Å². The second-order valence-electron chi connectivity index (χ2n) is 4.42. The molecule has 2 aromatic carbocycles. The number of ketones is 1. The molecule has 0 bridgehead atoms. The summed E-state index contributed by atoms with van der Waals surface area (Å²) in [6, 6.07) is 14.0. The van der Waals surface area contributed by atoms with Crippen molar-refractivity contribution in [2.45, 2.75) is 19.8 Å². The fraction of sp³-hybridized carbons (Fsp3) is 0.188. The van der Waals surface area contributed by atoms with Crippen molar-refractivity contribution in [1.29, 1.82) is 0 Å². The zero-order valence-corrected chi connectivity index (χ0v) is 10.5. The zero-order valence-electron chi connectivity index (χ0n) is 10.5. The van der Waals surface area contributed by atoms with E-state index < -0.39 is 0 Å². The third-order valence-corrected chi connectivity index (χ3v) is 3.18. The van der Waals surface area contributed by atoms with Crippen LogP contribution in [-0.4, -0.2) is 5.78 Å². The maximum absolute atomic E-state index is 12.9. The average molecular weight is 242 g/mol. The van der Waals surface area contributed by atoms with Gasteiger partial charge < -0.3 is 0 Å². The van der Waals surface area contributed by atoms with Gasteiger partial charge in [0.1, 0.15) is 5.82 Å². The van der Waals surface area contributed by atoms with Crippen LogP contribution >= 0.6 is 0 Å². The van der Waals surface area contributed by atoms with Crippen LogP contribution in [0.3, 0.4) is 0 Å². The molecular weight excluding hydrogens is 227 g/mol. The molecule has 0 radical (unpaired) electrons. The first-order valence-corrected chi connectivity index (χ1v) is 5.95. The molecule has 1 unspecified atom stereocenters. The Morgan fingerprint density at radius 2 is 1.67 bits per heavy atom. The van der Waals surface area contributed by atoms with Crippen molar-refractivity contribution in [3.8, 4) is 0 Å². The molecule has 0 saturated carbocycles. The number of rotatable bonds is 3. The monoisotopic (exact) mass is 242 g/mol. The predicted molar refractivity (Wildman–Crippen MR) is 70.4 cm³/mol. The second kappa shape index (κ2) is 5.13. The Balaban J connectivity index is 2.42. The van der Waals surface area contributed by atoms with Crippen LogP contribution in [0.15, 0.2) is 48.5 Å². The van der Waals surface area contributed by atoms with E-state index in [2.05, 4.69) is 0 Å². The van der Waals surface area contributed by atoms with E-state index in [1.165, 1.54) is 12.1 Å². The van der Waals surface area contributed by atoms with Gasteiger partial charge in [-0.2, -0.15) is 0 Å². The Labute approximate surface area is 106 Å². The molecule has 2 aromatic rings. The number of hydrogen-bond acceptors (Lipinski definition) is 1. The van der Waals surface area contributed by atoms with E-state index in [-0.39, 0.29) is 17.5 Å². The quantitative estimate of drug-likeness (QED) is 0.738. The fourth-order valence-electron chi connectivity index (χ4n) is 2.13. The Hall–Kier alpha value is -1.96. The van der Waals surface area contributed by atoms with Crippen LogP contribution in [0.5, 0.6) is 0 Å². The van der Waals surface area contributed by atoms with Crippen molar-refractivity contribution in [1.82, 2.24) is 0 Å². The Kier molecular flexibility index (Phi) is 3.56. The molecule has 0 saturated heterocycles. The van der Waals surface area contributed by atoms with Gasteiger partial charge in [-0.15, -0.1) is 0 Å². The zero-order chi connectivity index (χ0) is 13.1. The third kappa shape index (κ3) is 2.48. The van der Waals surface area contributed by atoms with Gasteiger partial charge in [0.25, 0.3) is 0 Å². The molecule has 0 spiro atoms. The van der Waals surface area contributed by atoms with E-state index >= 15 is 0 Å². The third-order valence-electron chi connectivity index (χ3n) is 3.18. The molecule has 0 aliphatic heterocycles. The van der Waals surface area contributed by atoms with Crippen LogP contribution in [0.25, 0.3) is 0 Å². The number of Topliss-reactive ketones (excluding diaryl/α,β-unsaturated/α-hetero) is 1. The van der Waals surface area contributed by atoms with E-state index in [1.54, 1.807) is 19.1 Å². The Morgan fingerprint density at radius 3 is 2.28 bits per heavy atom. The lowest BCUT2D eigenvalue weighted by atomic mass is 9.88. The lowest BCUT2D eigenvalue weighted by molar-refractivity contribution is 0.101. The van der Waals surface area contributed by atoms with Crippen molar-refractivity contribution in [2.24, 2.45) is 0 Å². The molecule has 0 N–H and O–H groups in total. The van der Waals surface area contributed by atoms with Crippen molar-refractivity contribution in [3.63, 3.8) is 0 Å². The van der Waals surface area contributed by atoms with E-state index in [9.17, 15) is 9.18 Å². The van der Waals surface area contributed by atoms with E-state index in [4.69, 9.17) is 0 Å². The van der Waals surface area contributed by atoms with Crippen molar-refractivity contribution >= 4 is 5.78 Å². The highest BCUT2D eigenvalue weighted by atomic mass is 19.1. The first-order chi connectivity index (χ1) is 8.59. The van der Waals surface area contributed by atoms with Crippen LogP contribution in [-0.2, 0) is 0 Å². The Bertz CT molecular complexity index is 558. The number of carbonyl (C=O) groups excluding carboxylic acids is 1. The van der Waals surface area contributed by atoms with Crippen LogP contribution in [0.4, 0.5) is 4.39 Å². The summed E-state index contributed by atoms with van der Waals surface area (Å²) in [5.74, 6) is -0.115. The van der Waals surface area contributed by atoms with Gasteiger partial charge in [0, 0.05) is 11.5 Å². The molecule has 1 nitrogen and oxygen atoms in total. The lowest BCUT2D eigenvalue weighted by Crippen LogP contribution is -2.04. The van der Waals surface area contributed by atoms with Crippen molar-refractivity contribution < 1.29 is 9.18 Å². The van der Waals surface area contributed by atoms with Gasteiger partial charge in [-0.05, 0) is 30.2 Å². The van der Waals surface area contributed by atoms with Gasteiger partial charge in [-0.25, -0.2) is 4.39 Å². The molecule has 2 rings (SSSR count). The minimum absolute atomic E-state index is 0.0551. The van der Waals surface area contributed by atoms with Gasteiger partial charge in [0.05, 0.1) is 0 Å². The molecular formula is C16H15FO. The average Bonchev–Trinajstić information content (AvgIpc) is 2.39. The standard InChI is InChI=1S/C16H15FO/c1-11(13-7-9-14(17)10-8-13)15-5-3-4-6-16(15)12(2)18/h3-11H,1-2H3. The van der Waals surface area contributed by atoms with E-state index in [0.717, 1.165) is 16.7 Å². The van der Waals surface area contributed by atoms with Gasteiger partial charge in [0.15, 0.2) is 5.78 Å². The summed E-state index contributed by atoms with van der Waals surface area (Å²) < 4.78 is 12.9. The molecule has 0 amide bonds. The SMILES string of the molecule is CC(=O)c1ccccc1C(C)c1ccc(F)cc1. The minimum Gasteiger partial charge on any atom is -0.295 e. The molecule has 0 aliphatic rings. The maximum atomic E-state index is 12.9. The highest BCUT2D eigenvalue weighted by molar-refractivity contribution is 5.95. The summed E-state index contributed by atoms with van der Waals surface area (Å²) in [6.45, 7) is 3.59. The smallest absolute Gasteiger partial charge is 0.160 e. The summed E-state index contributed by atoms with van der Waals surface area (Å²) in [6.07, 6.45) is 0. The summed E-state index contributed by atoms with van der Waals surface area (Å²) in [4.78, 5) is 11.6. The number of carbonyl (C=O) groups is 1. The first-order valence-electron chi connectivity index (χ1n) is 5.95. The highest BCUT2D eigenvalue weighted by Crippen LogP contribution is 2.27. The maximum Gasteiger partial charge on any atom is 0.160 e. The van der Waals surface area contributed by atoms with Crippen LogP contribution in [0.1, 0.15) is 41.3 Å². The molecule has 0 fully saturated rings. The molecule has 0 aliphatic carbocycles. The van der Waals surface area contributed by atoms with E-state index in [1.807, 2.05) is 31.2 Å². The van der Waals surface area contributed by atoms with Crippen LogP contribution in [0, 0.1) is 5.82 Å². The summed E-state index contributed by atoms with van der Waals surface area (Å²) in [7, 11) is 0. The topological polar surface area (TPSA) is 17.1 Å². The van der Waals surface area contributed by atoms with Crippen LogP contribution < -0.4 is 0 Å². The summed E-state index contributed by atoms with van der Waals surface area (Å²) in [5, 5.41) is 0. The fourth-order valence-corrected chi connectivity index (χ4v) is 2.13. The van der Waals surface area contributed by atoms with Crippen molar-refractivity contribution in [3.05, 3.63) is 71.0 Å². The Morgan fingerprint density at radius 1 is 1.06 bits per heavy atom. The van der Waals surface area contributed by atoms with Crippen LogP contribution in [0.2, 0.25) is 0 Å². The lowest BCUT2D eigenvalue weighted by Gasteiger charge is -2.15. The minimum atomic E-state index is -0.245. The molecule has 0 aromatic heterocycles. The molecule has 2 heteroatoms. The second-order valence-corrected chi connectivity index (χ2v) is 4.42. The molecule has 0 heterocycles. The van der Waals surface area contributed by atoms with Gasteiger partial charge in [-0.1, -0.05) is 43.3 Å². The molecule has 1 atom stereocenters. The highest BCUT2D eigenvalue weighted by Gasteiger charge is 2.14. The molecule has 92 valence electrons. The largest absolute Gasteiger partial charge is 0.295 e. The van der Waals surface area contributed by atoms with E-state index in [0.29, 0.717) is 0 Å². The first kappa shape index (κ1) is 12.5. The normalized spacial score (nSPS) is 12.2. The number of halogens is 1. The van der Waals surface area contributed by atoms with Gasteiger partial charge >= 0.3 is 0 Å². The molecule has 18 heavy (non-hydrogen) atoms.